The molecular weight excluding hydrogens is 422 g/mol. The highest BCUT2D eigenvalue weighted by Gasteiger charge is 2.10. The Balaban J connectivity index is 1.16. The molecule has 1 amide bonds. The van der Waals surface area contributed by atoms with E-state index < -0.39 is 0 Å². The Morgan fingerprint density at radius 2 is 1.41 bits per heavy atom. The summed E-state index contributed by atoms with van der Waals surface area (Å²) < 4.78 is 8.00. The molecule has 0 unspecified atom stereocenters. The van der Waals surface area contributed by atoms with Gasteiger partial charge in [0.05, 0.1) is 6.21 Å². The summed E-state index contributed by atoms with van der Waals surface area (Å²) >= 11 is 0. The molecule has 1 N–H and O–H groups in total. The molecule has 4 aromatic carbocycles. The van der Waals surface area contributed by atoms with Crippen molar-refractivity contribution in [2.75, 3.05) is 0 Å². The molecular formula is C29H25N3O2. The number of para-hydroxylation sites is 2. The molecule has 5 aromatic rings. The van der Waals surface area contributed by atoms with Crippen LogP contribution in [0.2, 0.25) is 0 Å². The summed E-state index contributed by atoms with van der Waals surface area (Å²) in [5, 5.41) is 6.52. The van der Waals surface area contributed by atoms with Crippen molar-refractivity contribution in [3.63, 3.8) is 0 Å². The molecule has 1 heterocycles. The first-order valence-electron chi connectivity index (χ1n) is 11.3. The van der Waals surface area contributed by atoms with Gasteiger partial charge in [-0.15, -0.1) is 0 Å². The van der Waals surface area contributed by atoms with Crippen LogP contribution in [0.15, 0.2) is 108 Å². The summed E-state index contributed by atoms with van der Waals surface area (Å²) in [6.45, 7) is 1.11. The average Bonchev–Trinajstić information content (AvgIpc) is 3.21. The number of fused-ring (bicyclic) bond motifs is 3. The van der Waals surface area contributed by atoms with Crippen LogP contribution in [0.25, 0.3) is 21.8 Å². The molecule has 0 bridgehead atoms. The van der Waals surface area contributed by atoms with E-state index in [0.717, 1.165) is 27.9 Å². The number of benzene rings is 4. The monoisotopic (exact) mass is 447 g/mol. The highest BCUT2D eigenvalue weighted by Crippen LogP contribution is 2.28. The number of hydrazone groups is 1. The van der Waals surface area contributed by atoms with Gasteiger partial charge < -0.3 is 9.30 Å². The van der Waals surface area contributed by atoms with Crippen molar-refractivity contribution in [2.24, 2.45) is 5.10 Å². The summed E-state index contributed by atoms with van der Waals surface area (Å²) in [6, 6.07) is 34.2. The summed E-state index contributed by atoms with van der Waals surface area (Å²) in [5.41, 5.74) is 6.91. The average molecular weight is 448 g/mol. The third-order valence-corrected chi connectivity index (χ3v) is 5.77. The van der Waals surface area contributed by atoms with E-state index in [-0.39, 0.29) is 5.91 Å². The van der Waals surface area contributed by atoms with Crippen LogP contribution in [-0.4, -0.2) is 16.7 Å². The number of ether oxygens (including phenoxy) is 1. The second-order valence-corrected chi connectivity index (χ2v) is 8.07. The quantitative estimate of drug-likeness (QED) is 0.237. The molecule has 0 radical (unpaired) electrons. The van der Waals surface area contributed by atoms with Crippen molar-refractivity contribution in [1.82, 2.24) is 9.99 Å². The minimum atomic E-state index is -0.124. The number of amides is 1. The topological polar surface area (TPSA) is 55.6 Å². The van der Waals surface area contributed by atoms with Gasteiger partial charge in [0.2, 0.25) is 5.91 Å². The highest BCUT2D eigenvalue weighted by molar-refractivity contribution is 6.08. The van der Waals surface area contributed by atoms with E-state index in [1.54, 1.807) is 6.21 Å². The molecule has 5 rings (SSSR count). The minimum Gasteiger partial charge on any atom is -0.489 e. The van der Waals surface area contributed by atoms with Crippen LogP contribution in [-0.2, 0) is 17.9 Å². The van der Waals surface area contributed by atoms with Gasteiger partial charge in [0.15, 0.2) is 0 Å². The molecule has 0 atom stereocenters. The van der Waals surface area contributed by atoms with Crippen LogP contribution in [0.5, 0.6) is 5.75 Å². The zero-order chi connectivity index (χ0) is 23.2. The molecule has 0 aliphatic rings. The first-order valence-corrected chi connectivity index (χ1v) is 11.3. The Labute approximate surface area is 198 Å². The van der Waals surface area contributed by atoms with Crippen molar-refractivity contribution >= 4 is 33.9 Å². The van der Waals surface area contributed by atoms with E-state index in [1.807, 2.05) is 78.9 Å². The SMILES string of the molecule is O=C(CCn1c2ccccc2c2ccccc21)N/N=C/c1ccc(OCc2ccccc2)cc1. The molecule has 34 heavy (non-hydrogen) atoms. The maximum absolute atomic E-state index is 12.4. The second-order valence-electron chi connectivity index (χ2n) is 8.07. The third-order valence-electron chi connectivity index (χ3n) is 5.77. The smallest absolute Gasteiger partial charge is 0.241 e. The molecule has 5 heteroatoms. The number of nitrogens with one attached hydrogen (secondary N) is 1. The normalized spacial score (nSPS) is 11.3. The van der Waals surface area contributed by atoms with Gasteiger partial charge in [-0.3, -0.25) is 4.79 Å². The highest BCUT2D eigenvalue weighted by atomic mass is 16.5. The zero-order valence-electron chi connectivity index (χ0n) is 18.7. The van der Waals surface area contributed by atoms with Crippen LogP contribution in [0.3, 0.4) is 0 Å². The Kier molecular flexibility index (Phi) is 6.34. The number of hydrogen-bond donors (Lipinski definition) is 1. The van der Waals surface area contributed by atoms with Crippen molar-refractivity contribution in [1.29, 1.82) is 0 Å². The maximum Gasteiger partial charge on any atom is 0.241 e. The fourth-order valence-corrected chi connectivity index (χ4v) is 4.08. The Morgan fingerprint density at radius 1 is 0.794 bits per heavy atom. The lowest BCUT2D eigenvalue weighted by Crippen LogP contribution is -2.19. The number of rotatable bonds is 8. The Hall–Kier alpha value is -4.38. The van der Waals surface area contributed by atoms with E-state index in [4.69, 9.17) is 4.74 Å². The molecule has 0 aliphatic carbocycles. The van der Waals surface area contributed by atoms with Crippen LogP contribution < -0.4 is 10.2 Å². The minimum absolute atomic E-state index is 0.124. The number of carbonyl (C=O) groups excluding carboxylic acids is 1. The molecule has 0 spiro atoms. The number of carbonyl (C=O) groups is 1. The van der Waals surface area contributed by atoms with Gasteiger partial charge >= 0.3 is 0 Å². The van der Waals surface area contributed by atoms with Gasteiger partial charge in [0.1, 0.15) is 12.4 Å². The lowest BCUT2D eigenvalue weighted by atomic mass is 10.2. The van der Waals surface area contributed by atoms with E-state index in [0.29, 0.717) is 19.6 Å². The number of nitrogens with zero attached hydrogens (tertiary/aromatic N) is 2. The fourth-order valence-electron chi connectivity index (χ4n) is 4.08. The van der Waals surface area contributed by atoms with Crippen LogP contribution in [0.4, 0.5) is 0 Å². The first kappa shape index (κ1) is 21.5. The molecule has 1 aromatic heterocycles. The lowest BCUT2D eigenvalue weighted by Gasteiger charge is -2.07. The molecule has 0 saturated carbocycles. The van der Waals surface area contributed by atoms with Crippen molar-refractivity contribution in [2.45, 2.75) is 19.6 Å². The van der Waals surface area contributed by atoms with Crippen LogP contribution in [0.1, 0.15) is 17.5 Å². The van der Waals surface area contributed by atoms with Gasteiger partial charge in [0.25, 0.3) is 0 Å². The van der Waals surface area contributed by atoms with E-state index in [1.165, 1.54) is 10.8 Å². The number of aryl methyl sites for hydroxylation is 1. The van der Waals surface area contributed by atoms with Gasteiger partial charge in [-0.2, -0.15) is 5.10 Å². The maximum atomic E-state index is 12.4. The predicted octanol–water partition coefficient (Wildman–Crippen LogP) is 5.91. The summed E-state index contributed by atoms with van der Waals surface area (Å²) in [5.74, 6) is 0.664. The second kappa shape index (κ2) is 10.0. The van der Waals surface area contributed by atoms with Gasteiger partial charge in [-0.1, -0.05) is 66.7 Å². The summed E-state index contributed by atoms with van der Waals surface area (Å²) in [7, 11) is 0. The summed E-state index contributed by atoms with van der Waals surface area (Å²) in [6.07, 6.45) is 1.98. The predicted molar refractivity (Wildman–Crippen MR) is 137 cm³/mol. The third kappa shape index (κ3) is 4.84. The van der Waals surface area contributed by atoms with Crippen molar-refractivity contribution in [3.05, 3.63) is 114 Å². The zero-order valence-corrected chi connectivity index (χ0v) is 18.7. The molecule has 168 valence electrons. The van der Waals surface area contributed by atoms with Gasteiger partial charge in [-0.25, -0.2) is 5.43 Å². The van der Waals surface area contributed by atoms with Gasteiger partial charge in [0, 0.05) is 34.8 Å². The number of aromatic nitrogens is 1. The molecule has 5 nitrogen and oxygen atoms in total. The van der Waals surface area contributed by atoms with Crippen LogP contribution in [0, 0.1) is 0 Å². The Bertz CT molecular complexity index is 1380. The first-order chi connectivity index (χ1) is 16.8. The van der Waals surface area contributed by atoms with Crippen molar-refractivity contribution < 1.29 is 9.53 Å². The van der Waals surface area contributed by atoms with E-state index in [9.17, 15) is 4.79 Å². The molecule has 0 aliphatic heterocycles. The summed E-state index contributed by atoms with van der Waals surface area (Å²) in [4.78, 5) is 12.4. The largest absolute Gasteiger partial charge is 0.489 e. The lowest BCUT2D eigenvalue weighted by molar-refractivity contribution is -0.121. The van der Waals surface area contributed by atoms with E-state index in [2.05, 4.69) is 39.4 Å². The fraction of sp³-hybridized carbons (Fsp3) is 0.103. The van der Waals surface area contributed by atoms with Crippen molar-refractivity contribution in [3.8, 4) is 5.75 Å². The molecule has 0 fully saturated rings. The standard InChI is InChI=1S/C29H25N3O2/c33-29(18-19-32-27-12-6-4-10-25(27)26-11-5-7-13-28(26)32)31-30-20-22-14-16-24(17-15-22)34-21-23-8-2-1-3-9-23/h1-17,20H,18-19,21H2,(H,31,33)/b30-20+. The number of hydrogen-bond acceptors (Lipinski definition) is 3. The van der Waals surface area contributed by atoms with E-state index >= 15 is 0 Å². The molecule has 0 saturated heterocycles. The Morgan fingerprint density at radius 3 is 2.09 bits per heavy atom. The van der Waals surface area contributed by atoms with Crippen LogP contribution >= 0.6 is 0 Å². The van der Waals surface area contributed by atoms with Gasteiger partial charge in [-0.05, 0) is 47.5 Å².